The topological polar surface area (TPSA) is 49.4 Å². The Morgan fingerprint density at radius 3 is 2.24 bits per heavy atom. The van der Waals surface area contributed by atoms with E-state index in [1.807, 2.05) is 82.3 Å². The fourth-order valence-electron chi connectivity index (χ4n) is 3.24. The van der Waals surface area contributed by atoms with Crippen molar-refractivity contribution in [1.29, 1.82) is 0 Å². The van der Waals surface area contributed by atoms with Gasteiger partial charge in [-0.1, -0.05) is 67.1 Å². The van der Waals surface area contributed by atoms with Crippen LogP contribution in [0.5, 0.6) is 0 Å². The maximum Gasteiger partial charge on any atom is 0.243 e. The van der Waals surface area contributed by atoms with Crippen LogP contribution in [0, 0.1) is 0 Å². The second-order valence-corrected chi connectivity index (χ2v) is 8.67. The van der Waals surface area contributed by atoms with Gasteiger partial charge >= 0.3 is 0 Å². The number of carbonyl (C=O) groups excluding carboxylic acids is 2. The Morgan fingerprint density at radius 2 is 1.66 bits per heavy atom. The number of benzene rings is 2. The van der Waals surface area contributed by atoms with E-state index in [0.29, 0.717) is 30.8 Å². The third kappa shape index (κ3) is 7.21. The molecule has 0 fully saturated rings. The molecule has 0 aliphatic rings. The van der Waals surface area contributed by atoms with Gasteiger partial charge in [0, 0.05) is 23.5 Å². The van der Waals surface area contributed by atoms with Crippen molar-refractivity contribution in [2.75, 3.05) is 0 Å². The molecule has 0 aliphatic carbocycles. The summed E-state index contributed by atoms with van der Waals surface area (Å²) in [7, 11) is 0. The Bertz CT molecular complexity index is 815. The number of carbonyl (C=O) groups is 2. The Balaban J connectivity index is 2.21. The van der Waals surface area contributed by atoms with E-state index in [1.165, 1.54) is 0 Å². The molecule has 1 atom stereocenters. The Labute approximate surface area is 179 Å². The van der Waals surface area contributed by atoms with E-state index in [0.717, 1.165) is 11.1 Å². The van der Waals surface area contributed by atoms with E-state index in [1.54, 1.807) is 4.90 Å². The van der Waals surface area contributed by atoms with E-state index in [-0.39, 0.29) is 17.4 Å². The maximum absolute atomic E-state index is 13.2. The van der Waals surface area contributed by atoms with E-state index < -0.39 is 6.04 Å². The summed E-state index contributed by atoms with van der Waals surface area (Å²) >= 11 is 6.24. The molecular weight excluding hydrogens is 384 g/mol. The van der Waals surface area contributed by atoms with Crippen LogP contribution < -0.4 is 5.32 Å². The van der Waals surface area contributed by atoms with Gasteiger partial charge in [0.25, 0.3) is 0 Å². The van der Waals surface area contributed by atoms with E-state index >= 15 is 0 Å². The molecule has 0 saturated heterocycles. The van der Waals surface area contributed by atoms with Gasteiger partial charge in [-0.25, -0.2) is 0 Å². The molecule has 29 heavy (non-hydrogen) atoms. The predicted octanol–water partition coefficient (Wildman–Crippen LogP) is 4.99. The Kier molecular flexibility index (Phi) is 8.27. The minimum atomic E-state index is -0.520. The van der Waals surface area contributed by atoms with Gasteiger partial charge in [-0.05, 0) is 50.8 Å². The van der Waals surface area contributed by atoms with Crippen LogP contribution in [0.3, 0.4) is 0 Å². The Morgan fingerprint density at radius 1 is 1.03 bits per heavy atom. The molecule has 0 saturated carbocycles. The summed E-state index contributed by atoms with van der Waals surface area (Å²) < 4.78 is 0. The van der Waals surface area contributed by atoms with Crippen LogP contribution in [0.4, 0.5) is 0 Å². The normalized spacial score (nSPS) is 12.3. The second kappa shape index (κ2) is 10.4. The standard InChI is InChI=1S/C24H31ClN2O2/c1-5-21(23(29)26-24(2,3)4)27(17-18-11-7-6-8-12-18)22(28)16-15-19-13-9-10-14-20(19)25/h6-14,21H,5,15-17H2,1-4H3,(H,26,29)/t21-/m1/s1. The van der Waals surface area contributed by atoms with Gasteiger partial charge < -0.3 is 10.2 Å². The largest absolute Gasteiger partial charge is 0.350 e. The average Bonchev–Trinajstić information content (AvgIpc) is 2.66. The van der Waals surface area contributed by atoms with Crippen LogP contribution in [0.2, 0.25) is 5.02 Å². The fraction of sp³-hybridized carbons (Fsp3) is 0.417. The zero-order chi connectivity index (χ0) is 21.4. The Hall–Kier alpha value is -2.33. The highest BCUT2D eigenvalue weighted by Gasteiger charge is 2.30. The van der Waals surface area contributed by atoms with E-state index in [2.05, 4.69) is 5.32 Å². The van der Waals surface area contributed by atoms with Crippen molar-refractivity contribution in [2.45, 2.75) is 65.1 Å². The van der Waals surface area contributed by atoms with Crippen LogP contribution >= 0.6 is 11.6 Å². The molecular formula is C24H31ClN2O2. The zero-order valence-corrected chi connectivity index (χ0v) is 18.5. The van der Waals surface area contributed by atoms with E-state index in [4.69, 9.17) is 11.6 Å². The molecule has 0 heterocycles. The van der Waals surface area contributed by atoms with Gasteiger partial charge in [0.1, 0.15) is 6.04 Å². The van der Waals surface area contributed by atoms with Gasteiger partial charge in [-0.2, -0.15) is 0 Å². The molecule has 2 rings (SSSR count). The van der Waals surface area contributed by atoms with Crippen LogP contribution in [0.15, 0.2) is 54.6 Å². The molecule has 0 aromatic heterocycles. The monoisotopic (exact) mass is 414 g/mol. The summed E-state index contributed by atoms with van der Waals surface area (Å²) in [6.45, 7) is 8.17. The molecule has 0 radical (unpaired) electrons. The average molecular weight is 415 g/mol. The van der Waals surface area contributed by atoms with Crippen molar-refractivity contribution in [3.63, 3.8) is 0 Å². The molecule has 0 unspecified atom stereocenters. The van der Waals surface area contributed by atoms with Crippen LogP contribution in [-0.2, 0) is 22.6 Å². The second-order valence-electron chi connectivity index (χ2n) is 8.26. The number of hydrogen-bond donors (Lipinski definition) is 1. The fourth-order valence-corrected chi connectivity index (χ4v) is 3.47. The summed E-state index contributed by atoms with van der Waals surface area (Å²) in [6.07, 6.45) is 1.39. The number of hydrogen-bond acceptors (Lipinski definition) is 2. The predicted molar refractivity (Wildman–Crippen MR) is 119 cm³/mol. The summed E-state index contributed by atoms with van der Waals surface area (Å²) in [4.78, 5) is 27.8. The highest BCUT2D eigenvalue weighted by Crippen LogP contribution is 2.19. The van der Waals surface area contributed by atoms with Crippen molar-refractivity contribution < 1.29 is 9.59 Å². The number of rotatable bonds is 8. The van der Waals surface area contributed by atoms with Crippen molar-refractivity contribution in [1.82, 2.24) is 10.2 Å². The quantitative estimate of drug-likeness (QED) is 0.661. The smallest absolute Gasteiger partial charge is 0.243 e. The summed E-state index contributed by atoms with van der Waals surface area (Å²) in [5, 5.41) is 3.68. The van der Waals surface area contributed by atoms with Gasteiger partial charge in [0.2, 0.25) is 11.8 Å². The van der Waals surface area contributed by atoms with Gasteiger partial charge in [0.15, 0.2) is 0 Å². The SMILES string of the molecule is CC[C@H](C(=O)NC(C)(C)C)N(Cc1ccccc1)C(=O)CCc1ccccc1Cl. The molecule has 0 aliphatic heterocycles. The molecule has 2 aromatic carbocycles. The lowest BCUT2D eigenvalue weighted by atomic mass is 10.0. The third-order valence-corrected chi connectivity index (χ3v) is 5.01. The van der Waals surface area contributed by atoms with Crippen LogP contribution in [0.1, 0.15) is 51.7 Å². The lowest BCUT2D eigenvalue weighted by Crippen LogP contribution is -2.53. The van der Waals surface area contributed by atoms with Crippen molar-refractivity contribution >= 4 is 23.4 Å². The minimum absolute atomic E-state index is 0.0512. The molecule has 0 bridgehead atoms. The van der Waals surface area contributed by atoms with Gasteiger partial charge in [0.05, 0.1) is 0 Å². The minimum Gasteiger partial charge on any atom is -0.350 e. The first-order valence-corrected chi connectivity index (χ1v) is 10.5. The number of aryl methyl sites for hydroxylation is 1. The van der Waals surface area contributed by atoms with Crippen LogP contribution in [-0.4, -0.2) is 28.3 Å². The molecule has 2 amide bonds. The first kappa shape index (κ1) is 23.0. The van der Waals surface area contributed by atoms with Crippen molar-refractivity contribution in [2.24, 2.45) is 0 Å². The van der Waals surface area contributed by atoms with Crippen molar-refractivity contribution in [3.05, 3.63) is 70.7 Å². The highest BCUT2D eigenvalue weighted by molar-refractivity contribution is 6.31. The third-order valence-electron chi connectivity index (χ3n) is 4.65. The number of nitrogens with one attached hydrogen (secondary N) is 1. The van der Waals surface area contributed by atoms with Crippen LogP contribution in [0.25, 0.3) is 0 Å². The molecule has 1 N–H and O–H groups in total. The van der Waals surface area contributed by atoms with E-state index in [9.17, 15) is 9.59 Å². The molecule has 156 valence electrons. The first-order valence-electron chi connectivity index (χ1n) is 10.1. The van der Waals surface area contributed by atoms with Gasteiger partial charge in [-0.15, -0.1) is 0 Å². The zero-order valence-electron chi connectivity index (χ0n) is 17.7. The summed E-state index contributed by atoms with van der Waals surface area (Å²) in [5.74, 6) is -0.174. The molecule has 4 nitrogen and oxygen atoms in total. The lowest BCUT2D eigenvalue weighted by Gasteiger charge is -2.33. The number of nitrogens with zero attached hydrogens (tertiary/aromatic N) is 1. The van der Waals surface area contributed by atoms with Gasteiger partial charge in [-0.3, -0.25) is 9.59 Å². The highest BCUT2D eigenvalue weighted by atomic mass is 35.5. The first-order chi connectivity index (χ1) is 13.7. The molecule has 2 aromatic rings. The van der Waals surface area contributed by atoms with Crippen molar-refractivity contribution in [3.8, 4) is 0 Å². The lowest BCUT2D eigenvalue weighted by molar-refractivity contribution is -0.142. The summed E-state index contributed by atoms with van der Waals surface area (Å²) in [6, 6.07) is 16.8. The number of amides is 2. The summed E-state index contributed by atoms with van der Waals surface area (Å²) in [5.41, 5.74) is 1.58. The number of halogens is 1. The maximum atomic E-state index is 13.2. The molecule has 5 heteroatoms. The molecule has 0 spiro atoms.